The van der Waals surface area contributed by atoms with Crippen LogP contribution < -0.4 is 10.6 Å². The Bertz CT molecular complexity index is 206. The maximum Gasteiger partial charge on any atom is 0.220 e. The van der Waals surface area contributed by atoms with E-state index in [0.717, 1.165) is 19.5 Å². The van der Waals surface area contributed by atoms with Crippen molar-refractivity contribution in [2.24, 2.45) is 5.92 Å². The van der Waals surface area contributed by atoms with E-state index in [2.05, 4.69) is 10.6 Å². The highest BCUT2D eigenvalue weighted by molar-refractivity contribution is 5.76. The fourth-order valence-electron chi connectivity index (χ4n) is 2.72. The Labute approximate surface area is 92.0 Å². The first-order chi connectivity index (χ1) is 7.34. The van der Waals surface area contributed by atoms with Crippen LogP contribution in [0.25, 0.3) is 0 Å². The summed E-state index contributed by atoms with van der Waals surface area (Å²) in [5, 5.41) is 6.44. The van der Waals surface area contributed by atoms with E-state index in [1.807, 2.05) is 0 Å². The average molecular weight is 210 g/mol. The number of carbonyl (C=O) groups excluding carboxylic acids is 1. The summed E-state index contributed by atoms with van der Waals surface area (Å²) in [5.74, 6) is 0.928. The summed E-state index contributed by atoms with van der Waals surface area (Å²) >= 11 is 0. The molecule has 0 aromatic rings. The van der Waals surface area contributed by atoms with E-state index in [-0.39, 0.29) is 5.91 Å². The number of amides is 1. The summed E-state index contributed by atoms with van der Waals surface area (Å²) in [4.78, 5) is 11.6. The molecule has 1 aliphatic carbocycles. The molecule has 3 heteroatoms. The van der Waals surface area contributed by atoms with Gasteiger partial charge in [-0.3, -0.25) is 4.79 Å². The van der Waals surface area contributed by atoms with Crippen molar-refractivity contribution in [3.63, 3.8) is 0 Å². The third kappa shape index (κ3) is 3.49. The van der Waals surface area contributed by atoms with E-state index in [4.69, 9.17) is 0 Å². The molecule has 1 heterocycles. The zero-order chi connectivity index (χ0) is 10.5. The second-order valence-electron chi connectivity index (χ2n) is 4.95. The van der Waals surface area contributed by atoms with Gasteiger partial charge in [-0.1, -0.05) is 12.8 Å². The maximum absolute atomic E-state index is 11.6. The fraction of sp³-hybridized carbons (Fsp3) is 0.917. The number of carbonyl (C=O) groups is 1. The normalized spacial score (nSPS) is 27.1. The van der Waals surface area contributed by atoms with E-state index in [9.17, 15) is 4.79 Å². The minimum Gasteiger partial charge on any atom is -0.355 e. The number of hydrogen-bond acceptors (Lipinski definition) is 2. The van der Waals surface area contributed by atoms with Gasteiger partial charge in [0.2, 0.25) is 5.91 Å². The quantitative estimate of drug-likeness (QED) is 0.737. The Morgan fingerprint density at radius 3 is 2.67 bits per heavy atom. The predicted molar refractivity (Wildman–Crippen MR) is 60.6 cm³/mol. The minimum atomic E-state index is 0.260. The lowest BCUT2D eigenvalue weighted by Gasteiger charge is -2.13. The number of hydrogen-bond donors (Lipinski definition) is 2. The maximum atomic E-state index is 11.6. The van der Waals surface area contributed by atoms with Crippen molar-refractivity contribution in [2.75, 3.05) is 13.1 Å². The molecule has 2 N–H and O–H groups in total. The Morgan fingerprint density at radius 2 is 2.00 bits per heavy atom. The number of rotatable bonds is 4. The first kappa shape index (κ1) is 10.9. The molecule has 0 spiro atoms. The lowest BCUT2D eigenvalue weighted by atomic mass is 10.0. The third-order valence-corrected chi connectivity index (χ3v) is 3.66. The van der Waals surface area contributed by atoms with Crippen LogP contribution in [-0.2, 0) is 4.79 Å². The molecule has 1 atom stereocenters. The van der Waals surface area contributed by atoms with Gasteiger partial charge in [0.05, 0.1) is 0 Å². The standard InChI is InChI=1S/C12H22N2O/c15-12(8-10-4-1-2-5-10)14-9-11-6-3-7-13-11/h10-11,13H,1-9H2,(H,14,15). The van der Waals surface area contributed by atoms with Gasteiger partial charge in [0.15, 0.2) is 0 Å². The van der Waals surface area contributed by atoms with Gasteiger partial charge in [0.25, 0.3) is 0 Å². The highest BCUT2D eigenvalue weighted by atomic mass is 16.1. The molecule has 2 fully saturated rings. The molecule has 15 heavy (non-hydrogen) atoms. The van der Waals surface area contributed by atoms with Crippen LogP contribution in [-0.4, -0.2) is 25.0 Å². The second-order valence-corrected chi connectivity index (χ2v) is 4.95. The molecule has 0 radical (unpaired) electrons. The van der Waals surface area contributed by atoms with E-state index < -0.39 is 0 Å². The van der Waals surface area contributed by atoms with Crippen molar-refractivity contribution in [3.05, 3.63) is 0 Å². The summed E-state index contributed by atoms with van der Waals surface area (Å²) in [6, 6.07) is 0.525. The van der Waals surface area contributed by atoms with Crippen molar-refractivity contribution in [3.8, 4) is 0 Å². The number of nitrogens with one attached hydrogen (secondary N) is 2. The molecule has 1 saturated heterocycles. The predicted octanol–water partition coefficient (Wildman–Crippen LogP) is 1.43. The fourth-order valence-corrected chi connectivity index (χ4v) is 2.72. The monoisotopic (exact) mass is 210 g/mol. The lowest BCUT2D eigenvalue weighted by Crippen LogP contribution is -2.37. The molecular formula is C12H22N2O. The topological polar surface area (TPSA) is 41.1 Å². The molecule has 0 aromatic carbocycles. The van der Waals surface area contributed by atoms with Crippen LogP contribution in [0.3, 0.4) is 0 Å². The molecule has 1 saturated carbocycles. The lowest BCUT2D eigenvalue weighted by molar-refractivity contribution is -0.122. The van der Waals surface area contributed by atoms with Crippen molar-refractivity contribution in [1.29, 1.82) is 0 Å². The molecule has 2 aliphatic rings. The van der Waals surface area contributed by atoms with Gasteiger partial charge >= 0.3 is 0 Å². The van der Waals surface area contributed by atoms with E-state index in [1.165, 1.54) is 38.5 Å². The zero-order valence-corrected chi connectivity index (χ0v) is 9.43. The summed E-state index contributed by atoms with van der Waals surface area (Å²) in [5.41, 5.74) is 0. The molecule has 2 rings (SSSR count). The minimum absolute atomic E-state index is 0.260. The zero-order valence-electron chi connectivity index (χ0n) is 9.43. The van der Waals surface area contributed by atoms with Crippen molar-refractivity contribution >= 4 is 5.91 Å². The van der Waals surface area contributed by atoms with Crippen LogP contribution in [0.4, 0.5) is 0 Å². The molecule has 1 amide bonds. The SMILES string of the molecule is O=C(CC1CCCC1)NCC1CCCN1. The largest absolute Gasteiger partial charge is 0.355 e. The first-order valence-corrected chi connectivity index (χ1v) is 6.34. The van der Waals surface area contributed by atoms with E-state index in [1.54, 1.807) is 0 Å². The molecule has 3 nitrogen and oxygen atoms in total. The van der Waals surface area contributed by atoms with Crippen LogP contribution in [0.15, 0.2) is 0 Å². The Hall–Kier alpha value is -0.570. The summed E-state index contributed by atoms with van der Waals surface area (Å²) in [7, 11) is 0. The van der Waals surface area contributed by atoms with Gasteiger partial charge in [-0.2, -0.15) is 0 Å². The van der Waals surface area contributed by atoms with Gasteiger partial charge in [-0.25, -0.2) is 0 Å². The van der Waals surface area contributed by atoms with Crippen LogP contribution in [0.1, 0.15) is 44.9 Å². The summed E-state index contributed by atoms with van der Waals surface area (Å²) in [6.45, 7) is 1.94. The van der Waals surface area contributed by atoms with E-state index >= 15 is 0 Å². The highest BCUT2D eigenvalue weighted by Gasteiger charge is 2.19. The van der Waals surface area contributed by atoms with Crippen molar-refractivity contribution in [2.45, 2.75) is 51.0 Å². The highest BCUT2D eigenvalue weighted by Crippen LogP contribution is 2.27. The van der Waals surface area contributed by atoms with Gasteiger partial charge in [0.1, 0.15) is 0 Å². The van der Waals surface area contributed by atoms with Crippen molar-refractivity contribution in [1.82, 2.24) is 10.6 Å². The van der Waals surface area contributed by atoms with Crippen LogP contribution in [0.2, 0.25) is 0 Å². The van der Waals surface area contributed by atoms with Crippen LogP contribution in [0.5, 0.6) is 0 Å². The average Bonchev–Trinajstić information content (AvgIpc) is 2.86. The summed E-state index contributed by atoms with van der Waals surface area (Å²) in [6.07, 6.45) is 8.38. The smallest absolute Gasteiger partial charge is 0.220 e. The van der Waals surface area contributed by atoms with Gasteiger partial charge in [-0.15, -0.1) is 0 Å². The van der Waals surface area contributed by atoms with Gasteiger partial charge in [0, 0.05) is 19.0 Å². The Balaban J connectivity index is 1.59. The van der Waals surface area contributed by atoms with E-state index in [0.29, 0.717) is 12.0 Å². The molecule has 1 unspecified atom stereocenters. The van der Waals surface area contributed by atoms with Gasteiger partial charge < -0.3 is 10.6 Å². The second kappa shape index (κ2) is 5.50. The van der Waals surface area contributed by atoms with Crippen LogP contribution >= 0.6 is 0 Å². The molecule has 86 valence electrons. The summed E-state index contributed by atoms with van der Waals surface area (Å²) < 4.78 is 0. The Kier molecular flexibility index (Phi) is 4.01. The molecular weight excluding hydrogens is 188 g/mol. The third-order valence-electron chi connectivity index (χ3n) is 3.66. The molecule has 1 aliphatic heterocycles. The molecule has 0 bridgehead atoms. The first-order valence-electron chi connectivity index (χ1n) is 6.34. The van der Waals surface area contributed by atoms with Gasteiger partial charge in [-0.05, 0) is 38.1 Å². The van der Waals surface area contributed by atoms with Crippen molar-refractivity contribution < 1.29 is 4.79 Å². The Morgan fingerprint density at radius 1 is 1.20 bits per heavy atom. The van der Waals surface area contributed by atoms with Crippen LogP contribution in [0, 0.1) is 5.92 Å². The molecule has 0 aromatic heterocycles.